The number of thiophene rings is 1. The third-order valence-corrected chi connectivity index (χ3v) is 5.41. The molecule has 0 bridgehead atoms. The molecule has 0 aliphatic heterocycles. The first-order chi connectivity index (χ1) is 13.5. The van der Waals surface area contributed by atoms with Gasteiger partial charge in [0.15, 0.2) is 0 Å². The molecule has 1 heterocycles. The molecule has 0 saturated heterocycles. The van der Waals surface area contributed by atoms with Gasteiger partial charge in [0, 0.05) is 10.4 Å². The average molecular weight is 395 g/mol. The highest BCUT2D eigenvalue weighted by Gasteiger charge is 2.20. The van der Waals surface area contributed by atoms with Crippen molar-refractivity contribution in [1.29, 1.82) is 0 Å². The van der Waals surface area contributed by atoms with E-state index in [0.717, 1.165) is 16.0 Å². The third-order valence-electron chi connectivity index (χ3n) is 4.49. The monoisotopic (exact) mass is 395 g/mol. The smallest absolute Gasteiger partial charge is 0.331 e. The molecule has 2 aromatic carbocycles. The molecule has 0 aliphatic carbocycles. The van der Waals surface area contributed by atoms with Crippen molar-refractivity contribution in [2.45, 2.75) is 19.3 Å². The van der Waals surface area contributed by atoms with Crippen LogP contribution in [0.5, 0.6) is 0 Å². The van der Waals surface area contributed by atoms with Crippen LogP contribution in [0, 0.1) is 0 Å². The molecule has 3 aromatic rings. The van der Waals surface area contributed by atoms with Gasteiger partial charge in [0.2, 0.25) is 0 Å². The molecule has 0 spiro atoms. The highest BCUT2D eigenvalue weighted by Crippen LogP contribution is 2.30. The molecule has 144 valence electrons. The van der Waals surface area contributed by atoms with Gasteiger partial charge in [-0.05, 0) is 53.3 Å². The van der Waals surface area contributed by atoms with E-state index in [1.54, 1.807) is 41.7 Å². The number of carbonyl (C=O) groups is 2. The van der Waals surface area contributed by atoms with E-state index >= 15 is 0 Å². The topological polar surface area (TPSA) is 107 Å². The number of nitrogens with one attached hydrogen (secondary N) is 1. The van der Waals surface area contributed by atoms with Crippen molar-refractivity contribution in [3.8, 4) is 10.4 Å². The van der Waals surface area contributed by atoms with Gasteiger partial charge in [-0.15, -0.1) is 11.3 Å². The van der Waals surface area contributed by atoms with Crippen LogP contribution in [0.1, 0.15) is 35.2 Å². The molecule has 1 aromatic heterocycles. The molecule has 1 atom stereocenters. The largest absolute Gasteiger partial charge is 0.397 e. The van der Waals surface area contributed by atoms with Crippen LogP contribution in [0.3, 0.4) is 0 Å². The Bertz CT molecular complexity index is 969. The number of hydrogen-bond donors (Lipinski definition) is 3. The zero-order valence-electron chi connectivity index (χ0n) is 15.3. The van der Waals surface area contributed by atoms with Crippen molar-refractivity contribution < 1.29 is 14.4 Å². The summed E-state index contributed by atoms with van der Waals surface area (Å²) >= 11 is 1.62. The Morgan fingerprint density at radius 3 is 2.50 bits per heavy atom. The van der Waals surface area contributed by atoms with Crippen molar-refractivity contribution in [2.75, 3.05) is 11.1 Å². The summed E-state index contributed by atoms with van der Waals surface area (Å²) in [6.45, 7) is 1.87. The molecule has 0 saturated carbocycles. The van der Waals surface area contributed by atoms with Crippen LogP contribution in [-0.4, -0.2) is 11.9 Å². The Kier molecular flexibility index (Phi) is 6.08. The first-order valence-corrected chi connectivity index (χ1v) is 9.66. The lowest BCUT2D eigenvalue weighted by atomic mass is 9.95. The van der Waals surface area contributed by atoms with Crippen LogP contribution in [-0.2, 0) is 9.63 Å². The fourth-order valence-electron chi connectivity index (χ4n) is 2.94. The number of nitrogen functional groups attached to an aromatic ring is 1. The lowest BCUT2D eigenvalue weighted by molar-refractivity contribution is -0.146. The Morgan fingerprint density at radius 1 is 1.14 bits per heavy atom. The van der Waals surface area contributed by atoms with Crippen LogP contribution in [0.25, 0.3) is 10.4 Å². The second-order valence-corrected chi connectivity index (χ2v) is 7.20. The van der Waals surface area contributed by atoms with E-state index in [4.69, 9.17) is 11.6 Å². The quantitative estimate of drug-likeness (QED) is 0.429. The molecule has 1 unspecified atom stereocenters. The number of carbonyl (C=O) groups excluding carboxylic acids is 2. The Labute approximate surface area is 167 Å². The van der Waals surface area contributed by atoms with E-state index in [1.165, 1.54) is 0 Å². The molecular weight excluding hydrogens is 374 g/mol. The number of anilines is 2. The maximum absolute atomic E-state index is 12.6. The number of nitrogens with two attached hydrogens (primary N) is 2. The molecular formula is C21H21N3O3S. The van der Waals surface area contributed by atoms with Gasteiger partial charge < -0.3 is 15.9 Å². The van der Waals surface area contributed by atoms with E-state index < -0.39 is 11.9 Å². The van der Waals surface area contributed by atoms with Crippen LogP contribution in [0.15, 0.2) is 60.0 Å². The SMILES string of the molecule is CCC(C(=O)ON)c1ccc(C(=O)Nc2cc(-c3cccs3)ccc2N)cc1. The Hall–Kier alpha value is -3.16. The third kappa shape index (κ3) is 4.21. The second-order valence-electron chi connectivity index (χ2n) is 6.25. The number of benzene rings is 2. The summed E-state index contributed by atoms with van der Waals surface area (Å²) in [5, 5.41) is 4.85. The van der Waals surface area contributed by atoms with Crippen molar-refractivity contribution in [3.63, 3.8) is 0 Å². The van der Waals surface area contributed by atoms with Crippen LogP contribution in [0.2, 0.25) is 0 Å². The summed E-state index contributed by atoms with van der Waals surface area (Å²) in [6.07, 6.45) is 0.549. The molecule has 6 nitrogen and oxygen atoms in total. The summed E-state index contributed by atoms with van der Waals surface area (Å²) in [4.78, 5) is 29.8. The van der Waals surface area contributed by atoms with Gasteiger partial charge in [0.1, 0.15) is 0 Å². The summed E-state index contributed by atoms with van der Waals surface area (Å²) in [7, 11) is 0. The second kappa shape index (κ2) is 8.69. The maximum atomic E-state index is 12.6. The van der Waals surface area contributed by atoms with Crippen LogP contribution < -0.4 is 16.9 Å². The van der Waals surface area contributed by atoms with Crippen molar-refractivity contribution >= 4 is 34.6 Å². The fourth-order valence-corrected chi connectivity index (χ4v) is 3.67. The molecule has 7 heteroatoms. The predicted molar refractivity (Wildman–Crippen MR) is 112 cm³/mol. The van der Waals surface area contributed by atoms with Crippen LogP contribution in [0.4, 0.5) is 11.4 Å². The normalized spacial score (nSPS) is 11.6. The summed E-state index contributed by atoms with van der Waals surface area (Å²) < 4.78 is 0. The molecule has 0 aliphatic rings. The molecule has 0 radical (unpaired) electrons. The predicted octanol–water partition coefficient (Wildman–Crippen LogP) is 4.16. The minimum atomic E-state index is -0.502. The van der Waals surface area contributed by atoms with Crippen molar-refractivity contribution in [2.24, 2.45) is 5.90 Å². The van der Waals surface area contributed by atoms with E-state index in [1.807, 2.05) is 36.6 Å². The van der Waals surface area contributed by atoms with Gasteiger partial charge in [-0.25, -0.2) is 4.79 Å². The minimum Gasteiger partial charge on any atom is -0.397 e. The fraction of sp³-hybridized carbons (Fsp3) is 0.143. The van der Waals surface area contributed by atoms with E-state index in [0.29, 0.717) is 23.4 Å². The van der Waals surface area contributed by atoms with Gasteiger partial charge in [0.05, 0.1) is 17.3 Å². The Morgan fingerprint density at radius 2 is 1.89 bits per heavy atom. The average Bonchev–Trinajstić information content (AvgIpc) is 3.25. The van der Waals surface area contributed by atoms with E-state index in [9.17, 15) is 9.59 Å². The number of rotatable bonds is 6. The first-order valence-electron chi connectivity index (χ1n) is 8.78. The highest BCUT2D eigenvalue weighted by molar-refractivity contribution is 7.13. The molecule has 3 rings (SSSR count). The van der Waals surface area contributed by atoms with Gasteiger partial charge in [-0.3, -0.25) is 4.79 Å². The van der Waals surface area contributed by atoms with Gasteiger partial charge >= 0.3 is 5.97 Å². The molecule has 1 amide bonds. The standard InChI is InChI=1S/C21H21N3O3S/c1-2-16(21(26)27-23)13-5-7-14(8-6-13)20(25)24-18-12-15(9-10-17(18)22)19-4-3-11-28-19/h3-12,16H,2,22-23H2,1H3,(H,24,25). The minimum absolute atomic E-state index is 0.281. The molecule has 28 heavy (non-hydrogen) atoms. The number of hydrogen-bond acceptors (Lipinski definition) is 6. The van der Waals surface area contributed by atoms with E-state index in [-0.39, 0.29) is 5.91 Å². The maximum Gasteiger partial charge on any atom is 0.331 e. The summed E-state index contributed by atoms with van der Waals surface area (Å²) in [5.74, 6) is 3.75. The zero-order valence-corrected chi connectivity index (χ0v) is 16.2. The lowest BCUT2D eigenvalue weighted by Crippen LogP contribution is -2.19. The van der Waals surface area contributed by atoms with Crippen molar-refractivity contribution in [3.05, 3.63) is 71.1 Å². The highest BCUT2D eigenvalue weighted by atomic mass is 32.1. The molecule has 0 fully saturated rings. The Balaban J connectivity index is 1.78. The lowest BCUT2D eigenvalue weighted by Gasteiger charge is -2.13. The van der Waals surface area contributed by atoms with E-state index in [2.05, 4.69) is 10.2 Å². The molecule has 5 N–H and O–H groups in total. The number of amides is 1. The zero-order chi connectivity index (χ0) is 20.1. The summed E-state index contributed by atoms with van der Waals surface area (Å²) in [5.41, 5.74) is 9.26. The first kappa shape index (κ1) is 19.6. The summed E-state index contributed by atoms with van der Waals surface area (Å²) in [6, 6.07) is 16.3. The van der Waals surface area contributed by atoms with Gasteiger partial charge in [-0.2, -0.15) is 5.90 Å². The van der Waals surface area contributed by atoms with Crippen LogP contribution >= 0.6 is 11.3 Å². The van der Waals surface area contributed by atoms with Gasteiger partial charge in [0.25, 0.3) is 5.91 Å². The van der Waals surface area contributed by atoms with Gasteiger partial charge in [-0.1, -0.05) is 31.2 Å². The van der Waals surface area contributed by atoms with Crippen molar-refractivity contribution in [1.82, 2.24) is 0 Å².